The Labute approximate surface area is 162 Å². The highest BCUT2D eigenvalue weighted by Gasteiger charge is 2.27. The minimum absolute atomic E-state index is 0.00549. The van der Waals surface area contributed by atoms with Crippen LogP contribution in [0.15, 0.2) is 42.5 Å². The molecule has 0 spiro atoms. The summed E-state index contributed by atoms with van der Waals surface area (Å²) in [5.41, 5.74) is 1.33. The Kier molecular flexibility index (Phi) is 5.14. The largest absolute Gasteiger partial charge is 0.493 e. The third-order valence-corrected chi connectivity index (χ3v) is 4.94. The number of halogens is 1. The first-order valence-corrected chi connectivity index (χ1v) is 9.35. The third-order valence-electron chi connectivity index (χ3n) is 4.94. The van der Waals surface area contributed by atoms with Crippen molar-refractivity contribution in [1.29, 1.82) is 0 Å². The first-order valence-electron chi connectivity index (χ1n) is 9.35. The van der Waals surface area contributed by atoms with E-state index in [1.165, 1.54) is 12.1 Å². The lowest BCUT2D eigenvalue weighted by Gasteiger charge is -2.26. The summed E-state index contributed by atoms with van der Waals surface area (Å²) in [5, 5.41) is 5.68. The fourth-order valence-electron chi connectivity index (χ4n) is 3.56. The zero-order chi connectivity index (χ0) is 19.5. The summed E-state index contributed by atoms with van der Waals surface area (Å²) in [6, 6.07) is 10.8. The quantitative estimate of drug-likeness (QED) is 0.851. The first kappa shape index (κ1) is 18.3. The number of ether oxygens (including phenoxy) is 2. The number of benzene rings is 2. The van der Waals surface area contributed by atoms with Gasteiger partial charge < -0.3 is 20.1 Å². The molecule has 146 valence electrons. The summed E-state index contributed by atoms with van der Waals surface area (Å²) >= 11 is 0. The van der Waals surface area contributed by atoms with Crippen LogP contribution in [0.3, 0.4) is 0 Å². The number of Topliss-reactive ketones (excluding diaryl/α,β-unsaturated/α-hetero) is 1. The van der Waals surface area contributed by atoms with E-state index in [4.69, 9.17) is 9.47 Å². The van der Waals surface area contributed by atoms with Crippen LogP contribution in [0.25, 0.3) is 0 Å². The molecule has 0 fully saturated rings. The maximum atomic E-state index is 13.5. The Hall–Kier alpha value is -3.09. The van der Waals surface area contributed by atoms with Crippen molar-refractivity contribution in [3.63, 3.8) is 0 Å². The van der Waals surface area contributed by atoms with Crippen molar-refractivity contribution < 1.29 is 23.5 Å². The van der Waals surface area contributed by atoms with E-state index in [-0.39, 0.29) is 36.6 Å². The molecule has 0 aromatic heterocycles. The average Bonchev–Trinajstić information content (AvgIpc) is 2.88. The van der Waals surface area contributed by atoms with E-state index in [2.05, 4.69) is 10.6 Å². The highest BCUT2D eigenvalue weighted by Crippen LogP contribution is 2.32. The van der Waals surface area contributed by atoms with Gasteiger partial charge in [-0.2, -0.15) is 0 Å². The SMILES string of the molecule is O=C(NCC1CC(=O)c2ccccc2O1)NC1CCCOc2cc(F)ccc21. The van der Waals surface area contributed by atoms with E-state index >= 15 is 0 Å². The first-order chi connectivity index (χ1) is 13.6. The van der Waals surface area contributed by atoms with Crippen molar-refractivity contribution in [2.45, 2.75) is 31.4 Å². The number of carbonyl (C=O) groups is 2. The summed E-state index contributed by atoms with van der Waals surface area (Å²) in [5.74, 6) is 0.637. The van der Waals surface area contributed by atoms with Gasteiger partial charge in [0.05, 0.1) is 24.8 Å². The minimum atomic E-state index is -0.410. The zero-order valence-corrected chi connectivity index (χ0v) is 15.2. The van der Waals surface area contributed by atoms with E-state index in [1.807, 2.05) is 6.07 Å². The number of hydrogen-bond donors (Lipinski definition) is 2. The third kappa shape index (κ3) is 3.93. The van der Waals surface area contributed by atoms with Crippen LogP contribution in [0.5, 0.6) is 11.5 Å². The molecule has 0 radical (unpaired) electrons. The Morgan fingerprint density at radius 2 is 2.04 bits per heavy atom. The molecular weight excluding hydrogens is 363 g/mol. The molecule has 2 aromatic carbocycles. The van der Waals surface area contributed by atoms with Gasteiger partial charge in [0.1, 0.15) is 23.4 Å². The normalized spacial score (nSPS) is 20.7. The second-order valence-electron chi connectivity index (χ2n) is 6.94. The van der Waals surface area contributed by atoms with Crippen molar-refractivity contribution in [3.8, 4) is 11.5 Å². The molecule has 2 atom stereocenters. The topological polar surface area (TPSA) is 76.7 Å². The highest BCUT2D eigenvalue weighted by molar-refractivity contribution is 5.99. The van der Waals surface area contributed by atoms with Gasteiger partial charge in [0.15, 0.2) is 5.78 Å². The molecule has 2 aliphatic heterocycles. The number of hydrogen-bond acceptors (Lipinski definition) is 4. The second-order valence-corrected chi connectivity index (χ2v) is 6.94. The van der Waals surface area contributed by atoms with Crippen LogP contribution in [0.1, 0.15) is 41.2 Å². The van der Waals surface area contributed by atoms with Gasteiger partial charge in [-0.15, -0.1) is 0 Å². The molecule has 2 aromatic rings. The standard InChI is InChI=1S/C21H21FN2O4/c22-13-7-8-15-17(5-3-9-27-20(15)10-13)24-21(26)23-12-14-11-18(25)16-4-1-2-6-19(16)28-14/h1-2,4,6-8,10,14,17H,3,5,9,11-12H2,(H2,23,24,26). The van der Waals surface area contributed by atoms with E-state index < -0.39 is 6.10 Å². The molecule has 0 saturated carbocycles. The fraction of sp³-hybridized carbons (Fsp3) is 0.333. The number of urea groups is 1. The van der Waals surface area contributed by atoms with Gasteiger partial charge in [-0.3, -0.25) is 4.79 Å². The molecule has 2 N–H and O–H groups in total. The van der Waals surface area contributed by atoms with Crippen LogP contribution in [0.2, 0.25) is 0 Å². The lowest BCUT2D eigenvalue weighted by molar-refractivity contribution is 0.0850. The number of nitrogens with one attached hydrogen (secondary N) is 2. The van der Waals surface area contributed by atoms with Gasteiger partial charge in [0, 0.05) is 18.1 Å². The number of amides is 2. The molecule has 0 aliphatic carbocycles. The van der Waals surface area contributed by atoms with E-state index in [1.54, 1.807) is 24.3 Å². The maximum Gasteiger partial charge on any atom is 0.315 e. The molecule has 2 heterocycles. The number of ketones is 1. The molecule has 6 nitrogen and oxygen atoms in total. The van der Waals surface area contributed by atoms with Gasteiger partial charge in [-0.1, -0.05) is 18.2 Å². The molecule has 0 bridgehead atoms. The Bertz CT molecular complexity index is 902. The van der Waals surface area contributed by atoms with Gasteiger partial charge in [0.25, 0.3) is 0 Å². The molecule has 2 aliphatic rings. The van der Waals surface area contributed by atoms with Gasteiger partial charge >= 0.3 is 6.03 Å². The number of carbonyl (C=O) groups excluding carboxylic acids is 2. The summed E-state index contributed by atoms with van der Waals surface area (Å²) in [7, 11) is 0. The predicted octanol–water partition coefficient (Wildman–Crippen LogP) is 3.37. The molecule has 7 heteroatoms. The maximum absolute atomic E-state index is 13.5. The van der Waals surface area contributed by atoms with Crippen molar-refractivity contribution in [3.05, 3.63) is 59.4 Å². The molecule has 2 amide bonds. The van der Waals surface area contributed by atoms with Crippen molar-refractivity contribution in [2.24, 2.45) is 0 Å². The highest BCUT2D eigenvalue weighted by atomic mass is 19.1. The summed E-state index contributed by atoms with van der Waals surface area (Å²) in [4.78, 5) is 24.6. The fourth-order valence-corrected chi connectivity index (χ4v) is 3.56. The monoisotopic (exact) mass is 384 g/mol. The van der Waals surface area contributed by atoms with Crippen LogP contribution in [0, 0.1) is 5.82 Å². The van der Waals surface area contributed by atoms with Crippen molar-refractivity contribution in [1.82, 2.24) is 10.6 Å². The second kappa shape index (κ2) is 7.88. The summed E-state index contributed by atoms with van der Waals surface area (Å²) in [6.07, 6.45) is 1.25. The Morgan fingerprint density at radius 3 is 2.93 bits per heavy atom. The van der Waals surface area contributed by atoms with Crippen LogP contribution in [-0.2, 0) is 0 Å². The predicted molar refractivity (Wildman–Crippen MR) is 100 cm³/mol. The van der Waals surface area contributed by atoms with E-state index in [0.29, 0.717) is 30.1 Å². The van der Waals surface area contributed by atoms with Crippen LogP contribution in [0.4, 0.5) is 9.18 Å². The average molecular weight is 384 g/mol. The summed E-state index contributed by atoms with van der Waals surface area (Å²) < 4.78 is 24.8. The molecule has 4 rings (SSSR count). The molecule has 2 unspecified atom stereocenters. The van der Waals surface area contributed by atoms with Crippen LogP contribution in [-0.4, -0.2) is 31.1 Å². The molecule has 28 heavy (non-hydrogen) atoms. The Balaban J connectivity index is 1.36. The minimum Gasteiger partial charge on any atom is -0.493 e. The van der Waals surface area contributed by atoms with E-state index in [9.17, 15) is 14.0 Å². The summed E-state index contributed by atoms with van der Waals surface area (Å²) in [6.45, 7) is 0.694. The lowest BCUT2D eigenvalue weighted by Crippen LogP contribution is -2.44. The van der Waals surface area contributed by atoms with Gasteiger partial charge in [0.2, 0.25) is 0 Å². The van der Waals surface area contributed by atoms with Crippen LogP contribution >= 0.6 is 0 Å². The molecular formula is C21H21FN2O4. The Morgan fingerprint density at radius 1 is 1.18 bits per heavy atom. The smallest absolute Gasteiger partial charge is 0.315 e. The number of fused-ring (bicyclic) bond motifs is 2. The van der Waals surface area contributed by atoms with Crippen molar-refractivity contribution >= 4 is 11.8 Å². The van der Waals surface area contributed by atoms with Crippen molar-refractivity contribution in [2.75, 3.05) is 13.2 Å². The zero-order valence-electron chi connectivity index (χ0n) is 15.2. The van der Waals surface area contributed by atoms with Gasteiger partial charge in [-0.25, -0.2) is 9.18 Å². The van der Waals surface area contributed by atoms with Gasteiger partial charge in [-0.05, 0) is 31.0 Å². The molecule has 0 saturated heterocycles. The van der Waals surface area contributed by atoms with E-state index in [0.717, 1.165) is 12.0 Å². The number of rotatable bonds is 3. The van der Waals surface area contributed by atoms with Crippen LogP contribution < -0.4 is 20.1 Å². The lowest BCUT2D eigenvalue weighted by atomic mass is 10.0. The number of para-hydroxylation sites is 1.